The van der Waals surface area contributed by atoms with Crippen LogP contribution in [-0.2, 0) is 4.74 Å². The van der Waals surface area contributed by atoms with Crippen LogP contribution in [-0.4, -0.2) is 48.1 Å². The minimum Gasteiger partial charge on any atom is -0.378 e. The van der Waals surface area contributed by atoms with Crippen LogP contribution in [0.3, 0.4) is 0 Å². The van der Waals surface area contributed by atoms with E-state index in [9.17, 15) is 0 Å². The molecule has 0 saturated carbocycles. The second-order valence-corrected chi connectivity index (χ2v) is 5.97. The summed E-state index contributed by atoms with van der Waals surface area (Å²) in [5, 5.41) is 6.81. The predicted molar refractivity (Wildman–Crippen MR) is 101 cm³/mol. The highest BCUT2D eigenvalue weighted by Gasteiger charge is 2.51. The van der Waals surface area contributed by atoms with Gasteiger partial charge in [-0.1, -0.05) is 36.4 Å². The maximum atomic E-state index is 5.65. The van der Waals surface area contributed by atoms with Crippen LogP contribution < -0.4 is 0 Å². The molecule has 3 aliphatic rings. The minimum atomic E-state index is -0.545. The van der Waals surface area contributed by atoms with Gasteiger partial charge < -0.3 is 4.74 Å². The third kappa shape index (κ3) is 2.66. The normalized spacial score (nSPS) is 26.6. The molecule has 0 amide bonds. The molecule has 5 heteroatoms. The molecule has 1 spiro atoms. The van der Waals surface area contributed by atoms with Crippen molar-refractivity contribution in [3.8, 4) is 0 Å². The van der Waals surface area contributed by atoms with Gasteiger partial charge in [-0.25, -0.2) is 5.01 Å². The maximum absolute atomic E-state index is 5.65. The molecule has 0 saturated heterocycles. The number of hydrazone groups is 1. The molecule has 2 aliphatic heterocycles. The van der Waals surface area contributed by atoms with Crippen LogP contribution in [0.5, 0.6) is 0 Å². The summed E-state index contributed by atoms with van der Waals surface area (Å²) >= 11 is 0. The first-order valence-corrected chi connectivity index (χ1v) is 8.50. The summed E-state index contributed by atoms with van der Waals surface area (Å²) in [6.07, 6.45) is 13.6. The van der Waals surface area contributed by atoms with Gasteiger partial charge >= 0.3 is 0 Å². The molecule has 0 aromatic heterocycles. The van der Waals surface area contributed by atoms with E-state index in [1.165, 1.54) is 0 Å². The van der Waals surface area contributed by atoms with Crippen molar-refractivity contribution in [1.29, 1.82) is 0 Å². The van der Waals surface area contributed by atoms with E-state index in [1.807, 2.05) is 79.0 Å². The number of benzene rings is 1. The Balaban J connectivity index is 1.73. The van der Waals surface area contributed by atoms with E-state index in [0.29, 0.717) is 13.2 Å². The number of ether oxygens (including phenoxy) is 1. The Bertz CT molecular complexity index is 819. The summed E-state index contributed by atoms with van der Waals surface area (Å²) in [7, 11) is 0. The molecule has 5 nitrogen and oxygen atoms in total. The van der Waals surface area contributed by atoms with Crippen molar-refractivity contribution in [1.82, 2.24) is 5.01 Å². The fourth-order valence-electron chi connectivity index (χ4n) is 3.30. The van der Waals surface area contributed by atoms with Crippen molar-refractivity contribution >= 4 is 18.1 Å². The lowest BCUT2D eigenvalue weighted by atomic mass is 9.84. The van der Waals surface area contributed by atoms with Gasteiger partial charge in [0.25, 0.3) is 0 Å². The summed E-state index contributed by atoms with van der Waals surface area (Å²) < 4.78 is 5.65. The van der Waals surface area contributed by atoms with E-state index in [0.717, 1.165) is 17.0 Å². The van der Waals surface area contributed by atoms with Crippen LogP contribution in [0, 0.1) is 0 Å². The molecule has 2 unspecified atom stereocenters. The molecule has 4 rings (SSSR count). The number of dihydropyridines is 1. The summed E-state index contributed by atoms with van der Waals surface area (Å²) in [6, 6.07) is 10.1. The highest BCUT2D eigenvalue weighted by atomic mass is 16.5. The van der Waals surface area contributed by atoms with Gasteiger partial charge in [0.15, 0.2) is 11.7 Å². The van der Waals surface area contributed by atoms with E-state index in [-0.39, 0.29) is 6.17 Å². The average Bonchev–Trinajstić information content (AvgIpc) is 2.97. The highest BCUT2D eigenvalue weighted by Crippen LogP contribution is 2.40. The molecule has 1 aromatic carbocycles. The number of rotatable bonds is 5. The Morgan fingerprint density at radius 1 is 1.28 bits per heavy atom. The lowest BCUT2D eigenvalue weighted by molar-refractivity contribution is 0.0638. The summed E-state index contributed by atoms with van der Waals surface area (Å²) in [5.74, 6) is 0. The zero-order valence-corrected chi connectivity index (χ0v) is 14.1. The Kier molecular flexibility index (Phi) is 4.15. The fourth-order valence-corrected chi connectivity index (χ4v) is 3.30. The second-order valence-electron chi connectivity index (χ2n) is 5.97. The lowest BCUT2D eigenvalue weighted by Crippen LogP contribution is -2.51. The van der Waals surface area contributed by atoms with Crippen molar-refractivity contribution in [2.24, 2.45) is 15.1 Å². The maximum Gasteiger partial charge on any atom is 0.162 e. The van der Waals surface area contributed by atoms with Crippen LogP contribution in [0.15, 0.2) is 81.5 Å². The minimum absolute atomic E-state index is 0.181. The third-order valence-electron chi connectivity index (χ3n) is 4.46. The van der Waals surface area contributed by atoms with E-state index in [4.69, 9.17) is 14.8 Å². The standard InChI is InChI=1S/C20H20N4O/c1-2-25-15-19-23-18-11-6-10-17-20(18,12-7-13-21-17)24(19)22-14-16-8-4-3-5-9-16/h3-14,19H,2,15H2,1H3. The topological polar surface area (TPSA) is 49.6 Å². The SMILES string of the molecule is CCOCC1N=C2C=CC=C3N=CC=CC32N1N=Cc1ccccc1. The summed E-state index contributed by atoms with van der Waals surface area (Å²) in [5.41, 5.74) is 2.38. The number of hydrogen-bond donors (Lipinski definition) is 0. The molecule has 1 aliphatic carbocycles. The predicted octanol–water partition coefficient (Wildman–Crippen LogP) is 2.97. The molecular formula is C20H20N4O. The lowest BCUT2D eigenvalue weighted by Gasteiger charge is -2.39. The van der Waals surface area contributed by atoms with Gasteiger partial charge in [-0.3, -0.25) is 9.98 Å². The van der Waals surface area contributed by atoms with Crippen LogP contribution in [0.1, 0.15) is 12.5 Å². The van der Waals surface area contributed by atoms with Crippen molar-refractivity contribution < 1.29 is 4.74 Å². The van der Waals surface area contributed by atoms with Gasteiger partial charge in [0.05, 0.1) is 24.2 Å². The van der Waals surface area contributed by atoms with E-state index >= 15 is 0 Å². The number of hydrogen-bond acceptors (Lipinski definition) is 5. The first-order valence-electron chi connectivity index (χ1n) is 8.50. The van der Waals surface area contributed by atoms with Gasteiger partial charge in [0.1, 0.15) is 0 Å². The Morgan fingerprint density at radius 2 is 2.16 bits per heavy atom. The number of allylic oxidation sites excluding steroid dienone is 3. The second kappa shape index (κ2) is 6.61. The molecule has 0 fully saturated rings. The van der Waals surface area contributed by atoms with Crippen LogP contribution in [0.4, 0.5) is 0 Å². The van der Waals surface area contributed by atoms with Gasteiger partial charge in [0, 0.05) is 12.8 Å². The number of aliphatic imine (C=N–C) groups is 2. The molecule has 0 N–H and O–H groups in total. The Morgan fingerprint density at radius 3 is 3.00 bits per heavy atom. The van der Waals surface area contributed by atoms with Gasteiger partial charge in [-0.2, -0.15) is 5.10 Å². The van der Waals surface area contributed by atoms with Crippen molar-refractivity contribution in [3.63, 3.8) is 0 Å². The van der Waals surface area contributed by atoms with Gasteiger partial charge in [0.2, 0.25) is 0 Å². The molecule has 126 valence electrons. The Hall–Kier alpha value is -2.79. The van der Waals surface area contributed by atoms with E-state index in [1.54, 1.807) is 0 Å². The van der Waals surface area contributed by atoms with Crippen molar-refractivity contribution in [2.45, 2.75) is 18.6 Å². The first-order chi connectivity index (χ1) is 12.3. The van der Waals surface area contributed by atoms with Gasteiger partial charge in [-0.15, -0.1) is 0 Å². The largest absolute Gasteiger partial charge is 0.378 e. The summed E-state index contributed by atoms with van der Waals surface area (Å²) in [4.78, 5) is 9.43. The van der Waals surface area contributed by atoms with Crippen LogP contribution in [0.25, 0.3) is 0 Å². The molecule has 25 heavy (non-hydrogen) atoms. The fraction of sp³-hybridized carbons (Fsp3) is 0.250. The number of nitrogens with zero attached hydrogens (tertiary/aromatic N) is 4. The molecule has 2 atom stereocenters. The highest BCUT2D eigenvalue weighted by molar-refractivity contribution is 6.10. The molecule has 1 aromatic rings. The van der Waals surface area contributed by atoms with Crippen LogP contribution >= 0.6 is 0 Å². The molecule has 0 radical (unpaired) electrons. The van der Waals surface area contributed by atoms with Gasteiger partial charge in [-0.05, 0) is 36.8 Å². The van der Waals surface area contributed by atoms with Crippen LogP contribution in [0.2, 0.25) is 0 Å². The Labute approximate surface area is 147 Å². The molecule has 2 heterocycles. The van der Waals surface area contributed by atoms with Crippen molar-refractivity contribution in [3.05, 3.63) is 72.0 Å². The van der Waals surface area contributed by atoms with E-state index in [2.05, 4.69) is 11.1 Å². The zero-order chi connectivity index (χ0) is 17.1. The first kappa shape index (κ1) is 15.7. The third-order valence-corrected chi connectivity index (χ3v) is 4.46. The summed E-state index contributed by atoms with van der Waals surface area (Å²) in [6.45, 7) is 3.13. The quantitative estimate of drug-likeness (QED) is 0.778. The monoisotopic (exact) mass is 332 g/mol. The van der Waals surface area contributed by atoms with Crippen molar-refractivity contribution in [2.75, 3.05) is 13.2 Å². The smallest absolute Gasteiger partial charge is 0.162 e. The van der Waals surface area contributed by atoms with E-state index < -0.39 is 5.54 Å². The zero-order valence-electron chi connectivity index (χ0n) is 14.1. The molecular weight excluding hydrogens is 312 g/mol. The average molecular weight is 332 g/mol. The molecule has 0 bridgehead atoms.